The van der Waals surface area contributed by atoms with Crippen molar-refractivity contribution in [1.29, 1.82) is 0 Å². The van der Waals surface area contributed by atoms with Gasteiger partial charge in [-0.15, -0.1) is 0 Å². The van der Waals surface area contributed by atoms with Crippen molar-refractivity contribution in [2.75, 3.05) is 31.6 Å². The molecule has 0 saturated carbocycles. The van der Waals surface area contributed by atoms with Gasteiger partial charge in [-0.25, -0.2) is 4.79 Å². The highest BCUT2D eigenvalue weighted by Crippen LogP contribution is 2.23. The Morgan fingerprint density at radius 3 is 2.61 bits per heavy atom. The van der Waals surface area contributed by atoms with Gasteiger partial charge in [-0.2, -0.15) is 0 Å². The number of likely N-dealkylation sites (tertiary alicyclic amines) is 1. The van der Waals surface area contributed by atoms with Gasteiger partial charge < -0.3 is 26.0 Å². The van der Waals surface area contributed by atoms with Crippen LogP contribution in [0.3, 0.4) is 0 Å². The van der Waals surface area contributed by atoms with Gasteiger partial charge in [-0.3, -0.25) is 9.59 Å². The second-order valence-electron chi connectivity index (χ2n) is 7.71. The number of rotatable bonds is 7. The number of nitrogens with one attached hydrogen (secondary N) is 2. The Balaban J connectivity index is 1.54. The Kier molecular flexibility index (Phi) is 7.48. The molecular formula is C23H28N4O4. The van der Waals surface area contributed by atoms with Crippen molar-refractivity contribution >= 4 is 23.5 Å². The van der Waals surface area contributed by atoms with E-state index in [0.29, 0.717) is 30.9 Å². The molecule has 0 radical (unpaired) electrons. The normalized spacial score (nSPS) is 15.8. The van der Waals surface area contributed by atoms with Crippen molar-refractivity contribution in [1.82, 2.24) is 10.2 Å². The minimum absolute atomic E-state index is 0.153. The van der Waals surface area contributed by atoms with Gasteiger partial charge in [0.25, 0.3) is 11.8 Å². The molecule has 4 amide bonds. The number of hydrogen-bond acceptors (Lipinski definition) is 4. The number of amides is 4. The standard InChI is InChI=1S/C23H28N4O4/c1-16-8-10-18(11-9-16)26-23(30)25-13-17-5-4-12-27(14-17)22(29)19-6-2-3-7-20(19)31-15-21(24)28/h2-3,6-11,17H,4-5,12-15H2,1H3,(H2,24,28)(H2,25,26,30). The van der Waals surface area contributed by atoms with Crippen LogP contribution in [-0.4, -0.2) is 49.0 Å². The molecule has 2 aromatic carbocycles. The van der Waals surface area contributed by atoms with Crippen LogP contribution in [0.4, 0.5) is 10.5 Å². The van der Waals surface area contributed by atoms with Crippen LogP contribution >= 0.6 is 0 Å². The van der Waals surface area contributed by atoms with Gasteiger partial charge in [0.1, 0.15) is 5.75 Å². The van der Waals surface area contributed by atoms with Crippen LogP contribution in [0.2, 0.25) is 0 Å². The van der Waals surface area contributed by atoms with Crippen LogP contribution in [0.15, 0.2) is 48.5 Å². The molecule has 1 aliphatic rings. The number of carbonyl (C=O) groups is 3. The van der Waals surface area contributed by atoms with E-state index in [0.717, 1.165) is 24.1 Å². The van der Waals surface area contributed by atoms with E-state index in [2.05, 4.69) is 10.6 Å². The molecule has 31 heavy (non-hydrogen) atoms. The molecular weight excluding hydrogens is 396 g/mol. The average Bonchev–Trinajstić information content (AvgIpc) is 2.78. The molecule has 8 nitrogen and oxygen atoms in total. The third-order valence-corrected chi connectivity index (χ3v) is 5.15. The van der Waals surface area contributed by atoms with Gasteiger partial charge in [0.2, 0.25) is 0 Å². The summed E-state index contributed by atoms with van der Waals surface area (Å²) in [5, 5.41) is 5.71. The molecule has 0 aliphatic carbocycles. The summed E-state index contributed by atoms with van der Waals surface area (Å²) in [6.45, 7) is 3.35. The van der Waals surface area contributed by atoms with Gasteiger partial charge in [-0.1, -0.05) is 29.8 Å². The van der Waals surface area contributed by atoms with E-state index in [4.69, 9.17) is 10.5 Å². The maximum absolute atomic E-state index is 13.0. The number of ether oxygens (including phenoxy) is 1. The smallest absolute Gasteiger partial charge is 0.319 e. The van der Waals surface area contributed by atoms with Crippen molar-refractivity contribution in [3.8, 4) is 5.75 Å². The van der Waals surface area contributed by atoms with E-state index in [1.165, 1.54) is 0 Å². The zero-order chi connectivity index (χ0) is 22.2. The fourth-order valence-corrected chi connectivity index (χ4v) is 3.55. The summed E-state index contributed by atoms with van der Waals surface area (Å²) in [6.07, 6.45) is 1.77. The lowest BCUT2D eigenvalue weighted by molar-refractivity contribution is -0.119. The van der Waals surface area contributed by atoms with Crippen molar-refractivity contribution in [3.63, 3.8) is 0 Å². The third-order valence-electron chi connectivity index (χ3n) is 5.15. The van der Waals surface area contributed by atoms with E-state index in [-0.39, 0.29) is 24.5 Å². The summed E-state index contributed by atoms with van der Waals surface area (Å²) in [5.74, 6) is -0.270. The summed E-state index contributed by atoms with van der Waals surface area (Å²) in [4.78, 5) is 38.0. The lowest BCUT2D eigenvalue weighted by Crippen LogP contribution is -2.44. The summed E-state index contributed by atoms with van der Waals surface area (Å²) in [7, 11) is 0. The summed E-state index contributed by atoms with van der Waals surface area (Å²) in [6, 6.07) is 14.1. The number of carbonyl (C=O) groups excluding carboxylic acids is 3. The fourth-order valence-electron chi connectivity index (χ4n) is 3.55. The number of nitrogens with two attached hydrogens (primary N) is 1. The monoisotopic (exact) mass is 424 g/mol. The minimum Gasteiger partial charge on any atom is -0.483 e. The number of urea groups is 1. The largest absolute Gasteiger partial charge is 0.483 e. The number of primary amides is 1. The maximum atomic E-state index is 13.0. The Morgan fingerprint density at radius 1 is 1.13 bits per heavy atom. The Morgan fingerprint density at radius 2 is 1.87 bits per heavy atom. The van der Waals surface area contributed by atoms with Crippen LogP contribution in [0.5, 0.6) is 5.75 Å². The minimum atomic E-state index is -0.602. The molecule has 1 heterocycles. The molecule has 0 bridgehead atoms. The van der Waals surface area contributed by atoms with Crippen molar-refractivity contribution in [2.24, 2.45) is 11.7 Å². The van der Waals surface area contributed by atoms with Crippen LogP contribution in [0.25, 0.3) is 0 Å². The zero-order valence-corrected chi connectivity index (χ0v) is 17.6. The summed E-state index contributed by atoms with van der Waals surface area (Å²) < 4.78 is 5.39. The van der Waals surface area contributed by atoms with Gasteiger partial charge in [0, 0.05) is 25.3 Å². The lowest BCUT2D eigenvalue weighted by atomic mass is 9.97. The van der Waals surface area contributed by atoms with Crippen LogP contribution in [0, 0.1) is 12.8 Å². The third kappa shape index (κ3) is 6.47. The summed E-state index contributed by atoms with van der Waals surface area (Å²) >= 11 is 0. The number of piperidine rings is 1. The van der Waals surface area contributed by atoms with E-state index in [9.17, 15) is 14.4 Å². The average molecular weight is 425 g/mol. The number of para-hydroxylation sites is 1. The molecule has 2 aromatic rings. The Hall–Kier alpha value is -3.55. The van der Waals surface area contributed by atoms with Gasteiger partial charge in [0.05, 0.1) is 5.56 Å². The van der Waals surface area contributed by atoms with Gasteiger partial charge in [-0.05, 0) is 49.9 Å². The predicted molar refractivity (Wildman–Crippen MR) is 118 cm³/mol. The van der Waals surface area contributed by atoms with E-state index >= 15 is 0 Å². The Bertz CT molecular complexity index is 929. The maximum Gasteiger partial charge on any atom is 0.319 e. The highest BCUT2D eigenvalue weighted by Gasteiger charge is 2.26. The lowest BCUT2D eigenvalue weighted by Gasteiger charge is -2.33. The van der Waals surface area contributed by atoms with Crippen molar-refractivity contribution in [3.05, 3.63) is 59.7 Å². The first-order valence-electron chi connectivity index (χ1n) is 10.3. The van der Waals surface area contributed by atoms with Crippen LogP contribution < -0.4 is 21.1 Å². The van der Waals surface area contributed by atoms with E-state index in [1.807, 2.05) is 31.2 Å². The number of nitrogens with zero attached hydrogens (tertiary/aromatic N) is 1. The molecule has 0 spiro atoms. The first kappa shape index (κ1) is 22.1. The molecule has 1 aliphatic heterocycles. The molecule has 8 heteroatoms. The highest BCUT2D eigenvalue weighted by molar-refractivity contribution is 5.97. The quantitative estimate of drug-likeness (QED) is 0.634. The topological polar surface area (TPSA) is 114 Å². The zero-order valence-electron chi connectivity index (χ0n) is 17.6. The van der Waals surface area contributed by atoms with Crippen LogP contribution in [-0.2, 0) is 4.79 Å². The highest BCUT2D eigenvalue weighted by atomic mass is 16.5. The molecule has 1 fully saturated rings. The molecule has 1 saturated heterocycles. The first-order valence-corrected chi connectivity index (χ1v) is 10.3. The molecule has 0 aromatic heterocycles. The van der Waals surface area contributed by atoms with Crippen molar-refractivity contribution < 1.29 is 19.1 Å². The number of anilines is 1. The second-order valence-corrected chi connectivity index (χ2v) is 7.71. The number of benzene rings is 2. The van der Waals surface area contributed by atoms with Gasteiger partial charge >= 0.3 is 6.03 Å². The van der Waals surface area contributed by atoms with E-state index in [1.54, 1.807) is 29.2 Å². The fraction of sp³-hybridized carbons (Fsp3) is 0.348. The molecule has 4 N–H and O–H groups in total. The molecule has 1 unspecified atom stereocenters. The molecule has 3 rings (SSSR count). The molecule has 1 atom stereocenters. The molecule has 164 valence electrons. The number of aryl methyl sites for hydroxylation is 1. The SMILES string of the molecule is Cc1ccc(NC(=O)NCC2CCCN(C(=O)c3ccccc3OCC(N)=O)C2)cc1. The Labute approximate surface area is 181 Å². The van der Waals surface area contributed by atoms with Crippen LogP contribution in [0.1, 0.15) is 28.8 Å². The number of hydrogen-bond donors (Lipinski definition) is 3. The second kappa shape index (κ2) is 10.5. The van der Waals surface area contributed by atoms with E-state index < -0.39 is 5.91 Å². The first-order chi connectivity index (χ1) is 14.9. The van der Waals surface area contributed by atoms with Gasteiger partial charge in [0.15, 0.2) is 6.61 Å². The van der Waals surface area contributed by atoms with Crippen molar-refractivity contribution in [2.45, 2.75) is 19.8 Å². The summed E-state index contributed by atoms with van der Waals surface area (Å²) in [5.41, 5.74) is 7.40. The predicted octanol–water partition coefficient (Wildman–Crippen LogP) is 2.53.